The minimum atomic E-state index is -3.67. The molecule has 1 aliphatic heterocycles. The predicted molar refractivity (Wildman–Crippen MR) is 74.3 cm³/mol. The molecule has 0 spiro atoms. The summed E-state index contributed by atoms with van der Waals surface area (Å²) in [6.07, 6.45) is 5.17. The third-order valence-electron chi connectivity index (χ3n) is 4.47. The second-order valence-electron chi connectivity index (χ2n) is 5.63. The molecule has 116 valence electrons. The lowest BCUT2D eigenvalue weighted by Crippen LogP contribution is -2.42. The summed E-state index contributed by atoms with van der Waals surface area (Å²) in [5, 5.41) is -0.172. The first-order valence-corrected chi connectivity index (χ1v) is 8.68. The molecule has 0 bridgehead atoms. The lowest BCUT2D eigenvalue weighted by atomic mass is 9.79. The molecule has 1 aromatic rings. The summed E-state index contributed by atoms with van der Waals surface area (Å²) < 4.78 is 36.7. The standard InChI is InChI=1S/C14H19NO5S/c1-19-14(16)12-7-8-13(20-12)21(17,18)15-9-3-6-11(15)10-4-2-5-10/h7-8,10-11H,2-6,9H2,1H3/t11-/m1/s1. The van der Waals surface area contributed by atoms with Gasteiger partial charge >= 0.3 is 5.97 Å². The topological polar surface area (TPSA) is 76.8 Å². The van der Waals surface area contributed by atoms with E-state index in [1.807, 2.05) is 0 Å². The molecular weight excluding hydrogens is 294 g/mol. The van der Waals surface area contributed by atoms with Crippen LogP contribution in [0.25, 0.3) is 0 Å². The van der Waals surface area contributed by atoms with Gasteiger partial charge in [-0.15, -0.1) is 0 Å². The van der Waals surface area contributed by atoms with Gasteiger partial charge in [-0.05, 0) is 43.7 Å². The fourth-order valence-electron chi connectivity index (χ4n) is 3.14. The largest absolute Gasteiger partial charge is 0.463 e. The van der Waals surface area contributed by atoms with Gasteiger partial charge < -0.3 is 9.15 Å². The van der Waals surface area contributed by atoms with Crippen LogP contribution >= 0.6 is 0 Å². The van der Waals surface area contributed by atoms with Crippen LogP contribution in [0, 0.1) is 5.92 Å². The van der Waals surface area contributed by atoms with Crippen LogP contribution < -0.4 is 0 Å². The van der Waals surface area contributed by atoms with Crippen molar-refractivity contribution < 1.29 is 22.4 Å². The van der Waals surface area contributed by atoms with Crippen LogP contribution in [0.1, 0.15) is 42.7 Å². The number of hydrogen-bond acceptors (Lipinski definition) is 5. The number of furan rings is 1. The Morgan fingerprint density at radius 3 is 2.67 bits per heavy atom. The van der Waals surface area contributed by atoms with Crippen LogP contribution in [0.3, 0.4) is 0 Å². The first-order valence-electron chi connectivity index (χ1n) is 7.24. The molecule has 0 unspecified atom stereocenters. The Morgan fingerprint density at radius 1 is 1.29 bits per heavy atom. The molecule has 1 saturated heterocycles. The Hall–Kier alpha value is -1.34. The third kappa shape index (κ3) is 2.48. The van der Waals surface area contributed by atoms with Crippen molar-refractivity contribution in [1.82, 2.24) is 4.31 Å². The number of carbonyl (C=O) groups excluding carboxylic acids is 1. The number of esters is 1. The second kappa shape index (κ2) is 5.46. The fraction of sp³-hybridized carbons (Fsp3) is 0.643. The summed E-state index contributed by atoms with van der Waals surface area (Å²) in [5.74, 6) is -0.291. The first-order chi connectivity index (χ1) is 10.0. The number of ether oxygens (including phenoxy) is 1. The highest BCUT2D eigenvalue weighted by molar-refractivity contribution is 7.89. The van der Waals surface area contributed by atoms with Gasteiger partial charge in [0.1, 0.15) is 0 Å². The maximum absolute atomic E-state index is 12.7. The van der Waals surface area contributed by atoms with E-state index in [4.69, 9.17) is 4.42 Å². The molecular formula is C14H19NO5S. The summed E-state index contributed by atoms with van der Waals surface area (Å²) in [4.78, 5) is 11.4. The highest BCUT2D eigenvalue weighted by Crippen LogP contribution is 2.39. The monoisotopic (exact) mass is 313 g/mol. The van der Waals surface area contributed by atoms with E-state index < -0.39 is 16.0 Å². The zero-order valence-electron chi connectivity index (χ0n) is 11.9. The smallest absolute Gasteiger partial charge is 0.374 e. The van der Waals surface area contributed by atoms with Crippen LogP contribution in [-0.2, 0) is 14.8 Å². The van der Waals surface area contributed by atoms with Gasteiger partial charge in [-0.3, -0.25) is 0 Å². The van der Waals surface area contributed by atoms with Crippen molar-refractivity contribution in [3.63, 3.8) is 0 Å². The van der Waals surface area contributed by atoms with Gasteiger partial charge in [-0.25, -0.2) is 13.2 Å². The quantitative estimate of drug-likeness (QED) is 0.795. The lowest BCUT2D eigenvalue weighted by Gasteiger charge is -2.35. The molecule has 2 fully saturated rings. The average Bonchev–Trinajstić information content (AvgIpc) is 3.04. The summed E-state index contributed by atoms with van der Waals surface area (Å²) in [7, 11) is -2.44. The molecule has 6 nitrogen and oxygen atoms in total. The Kier molecular flexibility index (Phi) is 3.79. The van der Waals surface area contributed by atoms with Crippen LogP contribution in [0.5, 0.6) is 0 Å². The summed E-state index contributed by atoms with van der Waals surface area (Å²) in [5.41, 5.74) is 0. The number of methoxy groups -OCH3 is 1. The van der Waals surface area contributed by atoms with Gasteiger partial charge in [0.25, 0.3) is 10.0 Å². The van der Waals surface area contributed by atoms with Gasteiger partial charge in [-0.2, -0.15) is 4.31 Å². The molecule has 0 radical (unpaired) electrons. The summed E-state index contributed by atoms with van der Waals surface area (Å²) >= 11 is 0. The van der Waals surface area contributed by atoms with E-state index in [2.05, 4.69) is 4.74 Å². The zero-order valence-corrected chi connectivity index (χ0v) is 12.8. The number of sulfonamides is 1. The molecule has 1 saturated carbocycles. The van der Waals surface area contributed by atoms with Gasteiger partial charge in [0.15, 0.2) is 0 Å². The van der Waals surface area contributed by atoms with E-state index in [0.717, 1.165) is 25.7 Å². The molecule has 3 rings (SSSR count). The van der Waals surface area contributed by atoms with Crippen LogP contribution in [0.4, 0.5) is 0 Å². The van der Waals surface area contributed by atoms with Crippen molar-refractivity contribution in [2.45, 2.75) is 43.2 Å². The van der Waals surface area contributed by atoms with E-state index in [1.54, 1.807) is 4.31 Å². The predicted octanol–water partition coefficient (Wildman–Crippen LogP) is 2.02. The Balaban J connectivity index is 1.85. The van der Waals surface area contributed by atoms with E-state index >= 15 is 0 Å². The maximum atomic E-state index is 12.7. The molecule has 21 heavy (non-hydrogen) atoms. The molecule has 1 atom stereocenters. The molecule has 0 amide bonds. The number of hydrogen-bond donors (Lipinski definition) is 0. The van der Waals surface area contributed by atoms with Crippen molar-refractivity contribution in [3.8, 4) is 0 Å². The van der Waals surface area contributed by atoms with Crippen molar-refractivity contribution in [1.29, 1.82) is 0 Å². The van der Waals surface area contributed by atoms with Crippen molar-refractivity contribution in [2.75, 3.05) is 13.7 Å². The van der Waals surface area contributed by atoms with Gasteiger partial charge in [0, 0.05) is 12.6 Å². The van der Waals surface area contributed by atoms with Crippen LogP contribution in [0.15, 0.2) is 21.6 Å². The molecule has 1 aliphatic carbocycles. The van der Waals surface area contributed by atoms with E-state index in [1.165, 1.54) is 25.7 Å². The number of carbonyl (C=O) groups is 1. The fourth-order valence-corrected chi connectivity index (χ4v) is 4.81. The SMILES string of the molecule is COC(=O)c1ccc(S(=O)(=O)N2CCC[C@@H]2C2CCC2)o1. The normalized spacial score (nSPS) is 24.0. The molecule has 7 heteroatoms. The molecule has 0 N–H and O–H groups in total. The zero-order chi connectivity index (χ0) is 15.0. The van der Waals surface area contributed by atoms with Gasteiger partial charge in [0.05, 0.1) is 7.11 Å². The van der Waals surface area contributed by atoms with Crippen molar-refractivity contribution >= 4 is 16.0 Å². The Morgan fingerprint density at radius 2 is 2.05 bits per heavy atom. The van der Waals surface area contributed by atoms with E-state index in [9.17, 15) is 13.2 Å². The minimum absolute atomic E-state index is 0.0791. The number of nitrogens with zero attached hydrogens (tertiary/aromatic N) is 1. The van der Waals surface area contributed by atoms with Crippen molar-refractivity contribution in [2.24, 2.45) is 5.92 Å². The van der Waals surface area contributed by atoms with Crippen molar-refractivity contribution in [3.05, 3.63) is 17.9 Å². The summed E-state index contributed by atoms with van der Waals surface area (Å²) in [6, 6.07) is 2.75. The lowest BCUT2D eigenvalue weighted by molar-refractivity contribution is 0.0558. The first kappa shape index (κ1) is 14.6. The number of rotatable bonds is 4. The highest BCUT2D eigenvalue weighted by Gasteiger charge is 2.42. The van der Waals surface area contributed by atoms with E-state index in [-0.39, 0.29) is 16.9 Å². The van der Waals surface area contributed by atoms with Crippen LogP contribution in [0.2, 0.25) is 0 Å². The highest BCUT2D eigenvalue weighted by atomic mass is 32.2. The third-order valence-corrected chi connectivity index (χ3v) is 6.27. The Labute approximate surface area is 124 Å². The average molecular weight is 313 g/mol. The van der Waals surface area contributed by atoms with Gasteiger partial charge in [-0.1, -0.05) is 6.42 Å². The van der Waals surface area contributed by atoms with Gasteiger partial charge in [0.2, 0.25) is 10.9 Å². The molecule has 0 aromatic carbocycles. The molecule has 2 heterocycles. The van der Waals surface area contributed by atoms with Crippen LogP contribution in [-0.4, -0.2) is 38.4 Å². The summed E-state index contributed by atoms with van der Waals surface area (Å²) in [6.45, 7) is 0.526. The second-order valence-corrected chi connectivity index (χ2v) is 7.45. The minimum Gasteiger partial charge on any atom is -0.463 e. The van der Waals surface area contributed by atoms with E-state index in [0.29, 0.717) is 12.5 Å². The maximum Gasteiger partial charge on any atom is 0.374 e. The Bertz CT molecular complexity index is 632. The molecule has 1 aromatic heterocycles. The molecule has 2 aliphatic rings.